The van der Waals surface area contributed by atoms with Gasteiger partial charge in [-0.3, -0.25) is 9.59 Å². The highest BCUT2D eigenvalue weighted by molar-refractivity contribution is 5.87. The van der Waals surface area contributed by atoms with Crippen LogP contribution in [-0.4, -0.2) is 66.5 Å². The van der Waals surface area contributed by atoms with E-state index in [1.165, 1.54) is 6.92 Å². The van der Waals surface area contributed by atoms with E-state index in [0.717, 1.165) is 0 Å². The first-order valence-corrected chi connectivity index (χ1v) is 7.34. The molecule has 0 aromatic heterocycles. The fourth-order valence-corrected chi connectivity index (χ4v) is 2.25. The molecule has 21 heavy (non-hydrogen) atoms. The third-order valence-corrected chi connectivity index (χ3v) is 3.41. The molecule has 0 spiro atoms. The summed E-state index contributed by atoms with van der Waals surface area (Å²) in [7, 11) is 0. The Balaban J connectivity index is 2.57. The summed E-state index contributed by atoms with van der Waals surface area (Å²) in [4.78, 5) is 38.6. The Labute approximate surface area is 125 Å². The smallest absolute Gasteiger partial charge is 0.409 e. The van der Waals surface area contributed by atoms with Crippen LogP contribution in [0, 0.1) is 5.92 Å². The number of hydrogen-bond donors (Lipinski definition) is 1. The van der Waals surface area contributed by atoms with E-state index in [4.69, 9.17) is 4.74 Å². The molecule has 1 fully saturated rings. The van der Waals surface area contributed by atoms with Crippen molar-refractivity contribution in [2.75, 3.05) is 32.8 Å². The molecule has 120 valence electrons. The SMILES string of the molecule is CCOC(=O)N1CCN(C(=O)[C@H](NC(C)=O)C(C)C)CC1. The van der Waals surface area contributed by atoms with Crippen LogP contribution in [-0.2, 0) is 14.3 Å². The van der Waals surface area contributed by atoms with Crippen LogP contribution < -0.4 is 5.32 Å². The molecule has 1 atom stereocenters. The molecular formula is C14H25N3O4. The van der Waals surface area contributed by atoms with Gasteiger partial charge in [0.25, 0.3) is 0 Å². The van der Waals surface area contributed by atoms with Gasteiger partial charge in [0, 0.05) is 33.1 Å². The van der Waals surface area contributed by atoms with Crippen LogP contribution in [0.3, 0.4) is 0 Å². The second-order valence-electron chi connectivity index (χ2n) is 5.43. The Morgan fingerprint density at radius 1 is 1.10 bits per heavy atom. The minimum Gasteiger partial charge on any atom is -0.450 e. The van der Waals surface area contributed by atoms with E-state index in [9.17, 15) is 14.4 Å². The highest BCUT2D eigenvalue weighted by Gasteiger charge is 2.31. The lowest BCUT2D eigenvalue weighted by Gasteiger charge is -2.36. The highest BCUT2D eigenvalue weighted by Crippen LogP contribution is 2.10. The Hall–Kier alpha value is -1.79. The average Bonchev–Trinajstić information content (AvgIpc) is 2.44. The normalized spacial score (nSPS) is 16.6. The topological polar surface area (TPSA) is 79.0 Å². The summed E-state index contributed by atoms with van der Waals surface area (Å²) in [5.41, 5.74) is 0. The van der Waals surface area contributed by atoms with Gasteiger partial charge in [-0.25, -0.2) is 4.79 Å². The average molecular weight is 299 g/mol. The number of carbonyl (C=O) groups is 3. The van der Waals surface area contributed by atoms with Gasteiger partial charge < -0.3 is 19.9 Å². The van der Waals surface area contributed by atoms with Crippen molar-refractivity contribution in [1.82, 2.24) is 15.1 Å². The molecule has 0 radical (unpaired) electrons. The zero-order chi connectivity index (χ0) is 16.0. The van der Waals surface area contributed by atoms with Crippen molar-refractivity contribution in [1.29, 1.82) is 0 Å². The summed E-state index contributed by atoms with van der Waals surface area (Å²) >= 11 is 0. The maximum absolute atomic E-state index is 12.5. The zero-order valence-electron chi connectivity index (χ0n) is 13.2. The Bertz CT molecular complexity index is 390. The molecule has 7 nitrogen and oxygen atoms in total. The zero-order valence-corrected chi connectivity index (χ0v) is 13.2. The number of nitrogens with zero attached hydrogens (tertiary/aromatic N) is 2. The van der Waals surface area contributed by atoms with Crippen molar-refractivity contribution in [2.24, 2.45) is 5.92 Å². The maximum Gasteiger partial charge on any atom is 0.409 e. The molecule has 1 aliphatic rings. The second-order valence-corrected chi connectivity index (χ2v) is 5.43. The fourth-order valence-electron chi connectivity index (χ4n) is 2.25. The quantitative estimate of drug-likeness (QED) is 0.817. The maximum atomic E-state index is 12.5. The minimum absolute atomic E-state index is 0.0180. The van der Waals surface area contributed by atoms with E-state index in [2.05, 4.69) is 5.32 Å². The first-order valence-electron chi connectivity index (χ1n) is 7.34. The molecule has 0 aromatic carbocycles. The Morgan fingerprint density at radius 3 is 2.05 bits per heavy atom. The molecular weight excluding hydrogens is 274 g/mol. The van der Waals surface area contributed by atoms with Gasteiger partial charge in [0.15, 0.2) is 0 Å². The largest absolute Gasteiger partial charge is 0.450 e. The van der Waals surface area contributed by atoms with Crippen molar-refractivity contribution < 1.29 is 19.1 Å². The lowest BCUT2D eigenvalue weighted by molar-refractivity contribution is -0.138. The van der Waals surface area contributed by atoms with Crippen molar-refractivity contribution in [3.63, 3.8) is 0 Å². The van der Waals surface area contributed by atoms with Crippen LogP contribution >= 0.6 is 0 Å². The van der Waals surface area contributed by atoms with Gasteiger partial charge >= 0.3 is 6.09 Å². The van der Waals surface area contributed by atoms with Gasteiger partial charge in [-0.15, -0.1) is 0 Å². The van der Waals surface area contributed by atoms with Gasteiger partial charge in [0.2, 0.25) is 11.8 Å². The predicted octanol–water partition coefficient (Wildman–Crippen LogP) is 0.448. The third-order valence-electron chi connectivity index (χ3n) is 3.41. The van der Waals surface area contributed by atoms with Crippen LogP contribution in [0.1, 0.15) is 27.7 Å². The molecule has 0 unspecified atom stereocenters. The lowest BCUT2D eigenvalue weighted by atomic mass is 10.0. The molecule has 3 amide bonds. The molecule has 1 rings (SSSR count). The summed E-state index contributed by atoms with van der Waals surface area (Å²) in [6.45, 7) is 9.13. The van der Waals surface area contributed by atoms with Crippen LogP contribution in [0.25, 0.3) is 0 Å². The van der Waals surface area contributed by atoms with Gasteiger partial charge in [-0.05, 0) is 12.8 Å². The number of ether oxygens (including phenoxy) is 1. The minimum atomic E-state index is -0.517. The first-order chi connectivity index (χ1) is 9.86. The number of nitrogens with one attached hydrogen (secondary N) is 1. The van der Waals surface area contributed by atoms with Crippen LogP contribution in [0.5, 0.6) is 0 Å². The molecule has 7 heteroatoms. The van der Waals surface area contributed by atoms with Crippen LogP contribution in [0.15, 0.2) is 0 Å². The van der Waals surface area contributed by atoms with Crippen molar-refractivity contribution in [3.8, 4) is 0 Å². The molecule has 1 heterocycles. The number of rotatable bonds is 4. The Morgan fingerprint density at radius 2 is 1.62 bits per heavy atom. The van der Waals surface area contributed by atoms with Gasteiger partial charge in [0.1, 0.15) is 6.04 Å². The third kappa shape index (κ3) is 4.91. The Kier molecular flexibility index (Phi) is 6.45. The number of amides is 3. The van der Waals surface area contributed by atoms with Crippen molar-refractivity contribution in [3.05, 3.63) is 0 Å². The summed E-state index contributed by atoms with van der Waals surface area (Å²) in [5.74, 6) is -0.291. The van der Waals surface area contributed by atoms with Crippen LogP contribution in [0.4, 0.5) is 4.79 Å². The van der Waals surface area contributed by atoms with E-state index >= 15 is 0 Å². The summed E-state index contributed by atoms with van der Waals surface area (Å²) in [6, 6.07) is -0.517. The number of carbonyl (C=O) groups excluding carboxylic acids is 3. The number of piperazine rings is 1. The van der Waals surface area contributed by atoms with Gasteiger partial charge in [0.05, 0.1) is 6.61 Å². The molecule has 1 saturated heterocycles. The van der Waals surface area contributed by atoms with E-state index in [1.807, 2.05) is 13.8 Å². The lowest BCUT2D eigenvalue weighted by Crippen LogP contribution is -2.57. The molecule has 1 aliphatic heterocycles. The fraction of sp³-hybridized carbons (Fsp3) is 0.786. The van der Waals surface area contributed by atoms with Crippen molar-refractivity contribution in [2.45, 2.75) is 33.7 Å². The molecule has 0 aliphatic carbocycles. The van der Waals surface area contributed by atoms with Gasteiger partial charge in [-0.2, -0.15) is 0 Å². The monoisotopic (exact) mass is 299 g/mol. The summed E-state index contributed by atoms with van der Waals surface area (Å²) in [6.07, 6.45) is -0.341. The molecule has 0 aromatic rings. The van der Waals surface area contributed by atoms with Crippen LogP contribution in [0.2, 0.25) is 0 Å². The van der Waals surface area contributed by atoms with E-state index in [0.29, 0.717) is 32.8 Å². The first kappa shape index (κ1) is 17.3. The van der Waals surface area contributed by atoms with E-state index < -0.39 is 6.04 Å². The standard InChI is InChI=1S/C14H25N3O4/c1-5-21-14(20)17-8-6-16(7-9-17)13(19)12(10(2)3)15-11(4)18/h10,12H,5-9H2,1-4H3,(H,15,18)/t12-/m1/s1. The number of hydrogen-bond acceptors (Lipinski definition) is 4. The highest BCUT2D eigenvalue weighted by atomic mass is 16.6. The molecule has 0 bridgehead atoms. The molecule has 0 saturated carbocycles. The second kappa shape index (κ2) is 7.85. The van der Waals surface area contributed by atoms with Crippen molar-refractivity contribution >= 4 is 17.9 Å². The van der Waals surface area contributed by atoms with E-state index in [-0.39, 0.29) is 23.8 Å². The summed E-state index contributed by atoms with van der Waals surface area (Å²) < 4.78 is 4.94. The summed E-state index contributed by atoms with van der Waals surface area (Å²) in [5, 5.41) is 2.70. The molecule has 1 N–H and O–H groups in total. The van der Waals surface area contributed by atoms with Gasteiger partial charge in [-0.1, -0.05) is 13.8 Å². The van der Waals surface area contributed by atoms with E-state index in [1.54, 1.807) is 16.7 Å². The predicted molar refractivity (Wildman–Crippen MR) is 77.6 cm³/mol.